The van der Waals surface area contributed by atoms with Crippen molar-refractivity contribution in [2.45, 2.75) is 18.6 Å². The van der Waals surface area contributed by atoms with Crippen molar-refractivity contribution >= 4 is 17.7 Å². The number of hydrogen-bond acceptors (Lipinski definition) is 5. The van der Waals surface area contributed by atoms with E-state index in [0.29, 0.717) is 17.5 Å². The van der Waals surface area contributed by atoms with E-state index in [9.17, 15) is 4.79 Å². The minimum Gasteiger partial charge on any atom is -0.497 e. The highest BCUT2D eigenvalue weighted by molar-refractivity contribution is 7.99. The molecule has 0 aliphatic rings. The van der Waals surface area contributed by atoms with Crippen LogP contribution in [0.5, 0.6) is 5.75 Å². The molecule has 6 nitrogen and oxygen atoms in total. The number of rotatable bonds is 8. The Hall–Kier alpha value is -3.58. The molecule has 0 spiro atoms. The number of hydrogen-bond donors (Lipinski definition) is 0. The summed E-state index contributed by atoms with van der Waals surface area (Å²) in [4.78, 5) is 14.6. The third kappa shape index (κ3) is 5.43. The summed E-state index contributed by atoms with van der Waals surface area (Å²) in [5, 5.41) is 9.52. The van der Waals surface area contributed by atoms with E-state index in [4.69, 9.17) is 4.74 Å². The number of ether oxygens (including phenoxy) is 1. The van der Waals surface area contributed by atoms with Crippen molar-refractivity contribution in [1.29, 1.82) is 0 Å². The van der Waals surface area contributed by atoms with Crippen LogP contribution in [0.1, 0.15) is 11.1 Å². The molecule has 0 aliphatic heterocycles. The van der Waals surface area contributed by atoms with Gasteiger partial charge in [0.15, 0.2) is 11.0 Å². The Morgan fingerprint density at radius 3 is 2.33 bits per heavy atom. The van der Waals surface area contributed by atoms with E-state index >= 15 is 0 Å². The van der Waals surface area contributed by atoms with Gasteiger partial charge in [-0.1, -0.05) is 59.8 Å². The number of nitrogens with zero attached hydrogens (tertiary/aromatic N) is 4. The summed E-state index contributed by atoms with van der Waals surface area (Å²) >= 11 is 1.39. The first-order valence-electron chi connectivity index (χ1n) is 10.6. The van der Waals surface area contributed by atoms with Crippen LogP contribution in [-0.2, 0) is 11.3 Å². The Labute approximate surface area is 198 Å². The Kier molecular flexibility index (Phi) is 7.10. The largest absolute Gasteiger partial charge is 0.497 e. The van der Waals surface area contributed by atoms with Gasteiger partial charge in [0, 0.05) is 24.8 Å². The van der Waals surface area contributed by atoms with Gasteiger partial charge in [-0.25, -0.2) is 0 Å². The van der Waals surface area contributed by atoms with Crippen LogP contribution in [0, 0.1) is 6.92 Å². The molecule has 0 bridgehead atoms. The van der Waals surface area contributed by atoms with Crippen LogP contribution in [0.3, 0.4) is 0 Å². The molecule has 4 rings (SSSR count). The fourth-order valence-corrected chi connectivity index (χ4v) is 4.28. The summed E-state index contributed by atoms with van der Waals surface area (Å²) in [6.07, 6.45) is 0. The molecular weight excluding hydrogens is 432 g/mol. The number of methoxy groups -OCH3 is 1. The van der Waals surface area contributed by atoms with E-state index in [2.05, 4.69) is 41.4 Å². The maximum Gasteiger partial charge on any atom is 0.233 e. The molecular formula is C26H26N4O2S. The van der Waals surface area contributed by atoms with Gasteiger partial charge in [-0.05, 0) is 48.9 Å². The maximum absolute atomic E-state index is 12.8. The number of benzene rings is 3. The Balaban J connectivity index is 1.54. The predicted octanol–water partition coefficient (Wildman–Crippen LogP) is 5.00. The zero-order valence-electron chi connectivity index (χ0n) is 18.9. The minimum absolute atomic E-state index is 0.0363. The molecule has 0 radical (unpaired) electrons. The summed E-state index contributed by atoms with van der Waals surface area (Å²) in [7, 11) is 3.47. The number of carbonyl (C=O) groups excluding carboxylic acids is 1. The van der Waals surface area contributed by atoms with Crippen LogP contribution in [0.2, 0.25) is 0 Å². The van der Waals surface area contributed by atoms with Crippen molar-refractivity contribution in [3.05, 3.63) is 90.0 Å². The minimum atomic E-state index is 0.0363. The van der Waals surface area contributed by atoms with Gasteiger partial charge in [0.05, 0.1) is 12.9 Å². The average Bonchev–Trinajstić information content (AvgIpc) is 3.28. The van der Waals surface area contributed by atoms with Crippen molar-refractivity contribution in [2.24, 2.45) is 0 Å². The number of aryl methyl sites for hydroxylation is 1. The van der Waals surface area contributed by atoms with Crippen LogP contribution >= 0.6 is 11.8 Å². The molecule has 3 aromatic carbocycles. The van der Waals surface area contributed by atoms with E-state index in [1.54, 1.807) is 12.0 Å². The molecule has 1 heterocycles. The average molecular weight is 459 g/mol. The summed E-state index contributed by atoms with van der Waals surface area (Å²) in [5.74, 6) is 1.80. The molecule has 4 aromatic rings. The van der Waals surface area contributed by atoms with Gasteiger partial charge in [-0.15, -0.1) is 10.2 Å². The summed E-state index contributed by atoms with van der Waals surface area (Å²) in [5.41, 5.74) is 4.17. The molecule has 0 atom stereocenters. The van der Waals surface area contributed by atoms with Crippen LogP contribution in [0.15, 0.2) is 84.0 Å². The third-order valence-corrected chi connectivity index (χ3v) is 6.20. The van der Waals surface area contributed by atoms with Gasteiger partial charge < -0.3 is 9.64 Å². The number of para-hydroxylation sites is 1. The molecule has 1 aromatic heterocycles. The van der Waals surface area contributed by atoms with E-state index < -0.39 is 0 Å². The smallest absolute Gasteiger partial charge is 0.233 e. The van der Waals surface area contributed by atoms with Crippen molar-refractivity contribution in [1.82, 2.24) is 19.7 Å². The lowest BCUT2D eigenvalue weighted by molar-refractivity contribution is -0.127. The first-order chi connectivity index (χ1) is 16.0. The Morgan fingerprint density at radius 2 is 1.67 bits per heavy atom. The van der Waals surface area contributed by atoms with Crippen LogP contribution < -0.4 is 4.74 Å². The standard InChI is InChI=1S/C26H26N4O2S/c1-19-9-11-20(12-10-19)17-29(2)24(31)18-33-26-28-27-25(21-13-15-23(32-3)16-14-21)30(26)22-7-5-4-6-8-22/h4-16H,17-18H2,1-3H3. The Bertz CT molecular complexity index is 1210. The highest BCUT2D eigenvalue weighted by atomic mass is 32.2. The van der Waals surface area contributed by atoms with E-state index in [1.807, 2.05) is 66.2 Å². The van der Waals surface area contributed by atoms with Gasteiger partial charge in [0.1, 0.15) is 5.75 Å². The van der Waals surface area contributed by atoms with Crippen LogP contribution in [-0.4, -0.2) is 45.5 Å². The molecule has 0 unspecified atom stereocenters. The molecule has 0 fully saturated rings. The van der Waals surface area contributed by atoms with Gasteiger partial charge >= 0.3 is 0 Å². The molecule has 168 valence electrons. The first kappa shape index (κ1) is 22.6. The molecule has 33 heavy (non-hydrogen) atoms. The van der Waals surface area contributed by atoms with E-state index in [-0.39, 0.29) is 11.7 Å². The molecule has 0 saturated heterocycles. The predicted molar refractivity (Wildman–Crippen MR) is 132 cm³/mol. The molecule has 0 aliphatic carbocycles. The summed E-state index contributed by atoms with van der Waals surface area (Å²) < 4.78 is 7.26. The van der Waals surface area contributed by atoms with Crippen molar-refractivity contribution < 1.29 is 9.53 Å². The quantitative estimate of drug-likeness (QED) is 0.348. The van der Waals surface area contributed by atoms with Gasteiger partial charge in [-0.2, -0.15) is 0 Å². The number of carbonyl (C=O) groups is 1. The van der Waals surface area contributed by atoms with Crippen molar-refractivity contribution in [2.75, 3.05) is 19.9 Å². The maximum atomic E-state index is 12.8. The van der Waals surface area contributed by atoms with Crippen LogP contribution in [0.25, 0.3) is 17.1 Å². The summed E-state index contributed by atoms with van der Waals surface area (Å²) in [6.45, 7) is 2.63. The second kappa shape index (κ2) is 10.4. The zero-order valence-corrected chi connectivity index (χ0v) is 19.7. The highest BCUT2D eigenvalue weighted by Crippen LogP contribution is 2.29. The molecule has 0 N–H and O–H groups in total. The fraction of sp³-hybridized carbons (Fsp3) is 0.192. The lowest BCUT2D eigenvalue weighted by Gasteiger charge is -2.17. The van der Waals surface area contributed by atoms with E-state index in [1.165, 1.54) is 17.3 Å². The van der Waals surface area contributed by atoms with E-state index in [0.717, 1.165) is 22.6 Å². The normalized spacial score (nSPS) is 10.8. The number of thioether (sulfide) groups is 1. The molecule has 1 amide bonds. The Morgan fingerprint density at radius 1 is 0.970 bits per heavy atom. The number of amides is 1. The van der Waals surface area contributed by atoms with Crippen LogP contribution in [0.4, 0.5) is 0 Å². The second-order valence-corrected chi connectivity index (χ2v) is 8.67. The lowest BCUT2D eigenvalue weighted by atomic mass is 10.1. The number of aromatic nitrogens is 3. The monoisotopic (exact) mass is 458 g/mol. The third-order valence-electron chi connectivity index (χ3n) is 5.29. The molecule has 0 saturated carbocycles. The summed E-state index contributed by atoms with van der Waals surface area (Å²) in [6, 6.07) is 25.9. The lowest BCUT2D eigenvalue weighted by Crippen LogP contribution is -2.27. The van der Waals surface area contributed by atoms with Gasteiger partial charge in [0.2, 0.25) is 5.91 Å². The zero-order chi connectivity index (χ0) is 23.2. The van der Waals surface area contributed by atoms with Crippen molar-refractivity contribution in [3.63, 3.8) is 0 Å². The van der Waals surface area contributed by atoms with Gasteiger partial charge in [0.25, 0.3) is 0 Å². The van der Waals surface area contributed by atoms with Crippen molar-refractivity contribution in [3.8, 4) is 22.8 Å². The second-order valence-electron chi connectivity index (χ2n) is 7.73. The van der Waals surface area contributed by atoms with Gasteiger partial charge in [-0.3, -0.25) is 9.36 Å². The topological polar surface area (TPSA) is 60.3 Å². The SMILES string of the molecule is COc1ccc(-c2nnc(SCC(=O)N(C)Cc3ccc(C)cc3)n2-c2ccccc2)cc1. The highest BCUT2D eigenvalue weighted by Gasteiger charge is 2.18. The fourth-order valence-electron chi connectivity index (χ4n) is 3.39. The first-order valence-corrected chi connectivity index (χ1v) is 11.6. The molecule has 7 heteroatoms.